The molecule has 2 aromatic rings. The Kier molecular flexibility index (Phi) is 5.12. The number of hydrogen-bond acceptors (Lipinski definition) is 2. The Hall–Kier alpha value is -0.290. The highest BCUT2D eigenvalue weighted by molar-refractivity contribution is 9.10. The van der Waals surface area contributed by atoms with Gasteiger partial charge in [-0.1, -0.05) is 62.9 Å². The molecule has 1 atom stereocenters. The molecule has 100 valence electrons. The molecule has 0 aliphatic carbocycles. The summed E-state index contributed by atoms with van der Waals surface area (Å²) < 4.78 is 0.908. The molecular formula is C13H10BrCl3N2. The predicted molar refractivity (Wildman–Crippen MR) is 84.8 cm³/mol. The highest BCUT2D eigenvalue weighted by Crippen LogP contribution is 2.32. The third kappa shape index (κ3) is 3.43. The van der Waals surface area contributed by atoms with Crippen molar-refractivity contribution in [1.82, 2.24) is 5.43 Å². The third-order valence-corrected chi connectivity index (χ3v) is 4.28. The molecular weight excluding hydrogens is 370 g/mol. The maximum Gasteiger partial charge on any atom is 0.0725 e. The summed E-state index contributed by atoms with van der Waals surface area (Å²) in [5.74, 6) is 5.64. The number of nitrogens with one attached hydrogen (secondary N) is 1. The van der Waals surface area contributed by atoms with Crippen molar-refractivity contribution in [2.75, 3.05) is 0 Å². The third-order valence-electron chi connectivity index (χ3n) is 2.72. The highest BCUT2D eigenvalue weighted by Gasteiger charge is 2.16. The summed E-state index contributed by atoms with van der Waals surface area (Å²) in [6.45, 7) is 0. The second-order valence-corrected chi connectivity index (χ2v) is 6.08. The van der Waals surface area contributed by atoms with Crippen LogP contribution in [0.3, 0.4) is 0 Å². The van der Waals surface area contributed by atoms with Gasteiger partial charge >= 0.3 is 0 Å². The quantitative estimate of drug-likeness (QED) is 0.583. The van der Waals surface area contributed by atoms with Crippen LogP contribution in [-0.4, -0.2) is 0 Å². The number of hydrazine groups is 1. The topological polar surface area (TPSA) is 38.0 Å². The molecule has 0 saturated carbocycles. The van der Waals surface area contributed by atoms with Crippen LogP contribution in [0.1, 0.15) is 17.2 Å². The fourth-order valence-electron chi connectivity index (χ4n) is 1.79. The van der Waals surface area contributed by atoms with Crippen molar-refractivity contribution in [3.8, 4) is 0 Å². The van der Waals surface area contributed by atoms with Crippen LogP contribution in [0.2, 0.25) is 15.1 Å². The number of nitrogens with two attached hydrogens (primary N) is 1. The minimum atomic E-state index is -0.254. The van der Waals surface area contributed by atoms with Crippen molar-refractivity contribution >= 4 is 50.7 Å². The Morgan fingerprint density at radius 2 is 1.68 bits per heavy atom. The fraction of sp³-hybridized carbons (Fsp3) is 0.0769. The van der Waals surface area contributed by atoms with Crippen LogP contribution < -0.4 is 11.3 Å². The van der Waals surface area contributed by atoms with E-state index in [1.807, 2.05) is 24.3 Å². The van der Waals surface area contributed by atoms with Crippen molar-refractivity contribution in [3.05, 3.63) is 67.1 Å². The Balaban J connectivity index is 2.46. The van der Waals surface area contributed by atoms with Gasteiger partial charge in [-0.05, 0) is 35.4 Å². The molecule has 2 aromatic carbocycles. The molecule has 2 nitrogen and oxygen atoms in total. The SMILES string of the molecule is NNC(c1ccc(Cl)c(Cl)c1)c1ccc(Br)cc1Cl. The number of benzene rings is 2. The van der Waals surface area contributed by atoms with E-state index in [9.17, 15) is 0 Å². The fourth-order valence-corrected chi connectivity index (χ4v) is 2.88. The van der Waals surface area contributed by atoms with Crippen molar-refractivity contribution in [1.29, 1.82) is 0 Å². The molecule has 1 unspecified atom stereocenters. The minimum Gasteiger partial charge on any atom is -0.271 e. The minimum absolute atomic E-state index is 0.254. The van der Waals surface area contributed by atoms with E-state index >= 15 is 0 Å². The molecule has 0 fully saturated rings. The molecule has 0 heterocycles. The van der Waals surface area contributed by atoms with Crippen LogP contribution in [0.15, 0.2) is 40.9 Å². The number of rotatable bonds is 3. The van der Waals surface area contributed by atoms with Gasteiger partial charge in [0.1, 0.15) is 0 Å². The molecule has 0 aliphatic heterocycles. The second-order valence-electron chi connectivity index (χ2n) is 3.94. The van der Waals surface area contributed by atoms with Gasteiger partial charge in [0.2, 0.25) is 0 Å². The molecule has 3 N–H and O–H groups in total. The van der Waals surface area contributed by atoms with E-state index in [4.69, 9.17) is 40.6 Å². The van der Waals surface area contributed by atoms with E-state index in [-0.39, 0.29) is 6.04 Å². The van der Waals surface area contributed by atoms with E-state index in [1.54, 1.807) is 12.1 Å². The smallest absolute Gasteiger partial charge is 0.0725 e. The largest absolute Gasteiger partial charge is 0.271 e. The first-order chi connectivity index (χ1) is 9.02. The van der Waals surface area contributed by atoms with E-state index in [1.165, 1.54) is 0 Å². The first-order valence-corrected chi connectivity index (χ1v) is 7.31. The molecule has 0 spiro atoms. The zero-order valence-electron chi connectivity index (χ0n) is 9.63. The average molecular weight is 380 g/mol. The summed E-state index contributed by atoms with van der Waals surface area (Å²) >= 11 is 21.5. The van der Waals surface area contributed by atoms with E-state index < -0.39 is 0 Å². The van der Waals surface area contributed by atoms with Crippen molar-refractivity contribution in [2.45, 2.75) is 6.04 Å². The van der Waals surface area contributed by atoms with Gasteiger partial charge in [0.05, 0.1) is 16.1 Å². The standard InChI is InChI=1S/C13H10BrCl3N2/c14-8-2-3-9(11(16)6-8)13(19-18)7-1-4-10(15)12(17)5-7/h1-6,13,19H,18H2. The van der Waals surface area contributed by atoms with Crippen LogP contribution in [-0.2, 0) is 0 Å². The highest BCUT2D eigenvalue weighted by atomic mass is 79.9. The lowest BCUT2D eigenvalue weighted by Crippen LogP contribution is -2.29. The van der Waals surface area contributed by atoms with Gasteiger partial charge in [0.15, 0.2) is 0 Å². The summed E-state index contributed by atoms with van der Waals surface area (Å²) in [6, 6.07) is 10.7. The Labute approximate surface area is 134 Å². The molecule has 2 rings (SSSR count). The molecule has 0 aliphatic rings. The van der Waals surface area contributed by atoms with Gasteiger partial charge in [0, 0.05) is 9.50 Å². The maximum absolute atomic E-state index is 6.24. The summed E-state index contributed by atoms with van der Waals surface area (Å²) in [4.78, 5) is 0. The predicted octanol–water partition coefficient (Wildman–Crippen LogP) is 4.96. The molecule has 0 amide bonds. The summed E-state index contributed by atoms with van der Waals surface area (Å²) in [5.41, 5.74) is 4.50. The summed E-state index contributed by atoms with van der Waals surface area (Å²) in [5, 5.41) is 1.60. The van der Waals surface area contributed by atoms with Crippen LogP contribution >= 0.6 is 50.7 Å². The number of hydrogen-bond donors (Lipinski definition) is 2. The average Bonchev–Trinajstić information content (AvgIpc) is 2.37. The Morgan fingerprint density at radius 3 is 2.26 bits per heavy atom. The summed E-state index contributed by atoms with van der Waals surface area (Å²) in [7, 11) is 0. The van der Waals surface area contributed by atoms with Crippen LogP contribution in [0.25, 0.3) is 0 Å². The zero-order chi connectivity index (χ0) is 14.0. The molecule has 0 radical (unpaired) electrons. The molecule has 0 saturated heterocycles. The van der Waals surface area contributed by atoms with Gasteiger partial charge < -0.3 is 0 Å². The van der Waals surface area contributed by atoms with Crippen molar-refractivity contribution in [2.24, 2.45) is 5.84 Å². The van der Waals surface area contributed by atoms with Gasteiger partial charge in [-0.3, -0.25) is 5.84 Å². The van der Waals surface area contributed by atoms with E-state index in [0.29, 0.717) is 15.1 Å². The van der Waals surface area contributed by atoms with Gasteiger partial charge in [0.25, 0.3) is 0 Å². The van der Waals surface area contributed by atoms with Crippen molar-refractivity contribution in [3.63, 3.8) is 0 Å². The Bertz CT molecular complexity index is 604. The van der Waals surface area contributed by atoms with Gasteiger partial charge in [-0.25, -0.2) is 5.43 Å². The van der Waals surface area contributed by atoms with E-state index in [2.05, 4.69) is 21.4 Å². The monoisotopic (exact) mass is 378 g/mol. The molecule has 0 bridgehead atoms. The van der Waals surface area contributed by atoms with Crippen LogP contribution in [0.5, 0.6) is 0 Å². The van der Waals surface area contributed by atoms with E-state index in [0.717, 1.165) is 15.6 Å². The van der Waals surface area contributed by atoms with Crippen LogP contribution in [0, 0.1) is 0 Å². The van der Waals surface area contributed by atoms with Crippen molar-refractivity contribution < 1.29 is 0 Å². The maximum atomic E-state index is 6.24. The Morgan fingerprint density at radius 1 is 0.947 bits per heavy atom. The van der Waals surface area contributed by atoms with Gasteiger partial charge in [-0.2, -0.15) is 0 Å². The molecule has 6 heteroatoms. The van der Waals surface area contributed by atoms with Gasteiger partial charge in [-0.15, -0.1) is 0 Å². The normalized spacial score (nSPS) is 12.5. The number of halogens is 4. The lowest BCUT2D eigenvalue weighted by Gasteiger charge is -2.19. The van der Waals surface area contributed by atoms with Crippen LogP contribution in [0.4, 0.5) is 0 Å². The first kappa shape index (κ1) is 15.1. The lowest BCUT2D eigenvalue weighted by molar-refractivity contribution is 0.637. The second kappa shape index (κ2) is 6.44. The lowest BCUT2D eigenvalue weighted by atomic mass is 9.99. The molecule has 0 aromatic heterocycles. The zero-order valence-corrected chi connectivity index (χ0v) is 13.5. The molecule has 19 heavy (non-hydrogen) atoms. The first-order valence-electron chi connectivity index (χ1n) is 5.39. The summed E-state index contributed by atoms with van der Waals surface area (Å²) in [6.07, 6.45) is 0.